The Bertz CT molecular complexity index is 631. The van der Waals surface area contributed by atoms with Gasteiger partial charge in [0.1, 0.15) is 0 Å². The van der Waals surface area contributed by atoms with Crippen LogP contribution in [0.3, 0.4) is 0 Å². The van der Waals surface area contributed by atoms with Crippen LogP contribution in [-0.2, 0) is 6.42 Å². The van der Waals surface area contributed by atoms with Crippen molar-refractivity contribution in [1.29, 1.82) is 0 Å². The van der Waals surface area contributed by atoms with Gasteiger partial charge in [-0.3, -0.25) is 0 Å². The largest absolute Gasteiger partial charge is 0.451 e. The molecule has 0 amide bonds. The number of benzene rings is 2. The van der Waals surface area contributed by atoms with E-state index in [1.165, 1.54) is 24.3 Å². The maximum atomic E-state index is 13.9. The molecule has 0 heterocycles. The number of halogens is 3. The predicted molar refractivity (Wildman–Crippen MR) is 74.8 cm³/mol. The predicted octanol–water partition coefficient (Wildman–Crippen LogP) is 4.18. The van der Waals surface area contributed by atoms with Gasteiger partial charge in [0.2, 0.25) is 5.82 Å². The molecule has 0 aliphatic carbocycles. The smallest absolute Gasteiger partial charge is 0.201 e. The molecule has 2 N–H and O–H groups in total. The summed E-state index contributed by atoms with van der Waals surface area (Å²) in [6.45, 7) is 1.91. The summed E-state index contributed by atoms with van der Waals surface area (Å²) >= 11 is 0. The molecule has 2 aromatic rings. The number of para-hydroxylation sites is 1. The van der Waals surface area contributed by atoms with Crippen molar-refractivity contribution in [3.63, 3.8) is 0 Å². The minimum absolute atomic E-state index is 0.120. The van der Waals surface area contributed by atoms with Crippen LogP contribution in [-0.4, -0.2) is 6.04 Å². The molecule has 0 aliphatic heterocycles. The van der Waals surface area contributed by atoms with Crippen LogP contribution in [0.4, 0.5) is 13.2 Å². The van der Waals surface area contributed by atoms with Crippen LogP contribution >= 0.6 is 0 Å². The lowest BCUT2D eigenvalue weighted by Gasteiger charge is -2.15. The van der Waals surface area contributed by atoms with Crippen molar-refractivity contribution in [2.75, 3.05) is 0 Å². The summed E-state index contributed by atoms with van der Waals surface area (Å²) in [6.07, 6.45) is 1.10. The van der Waals surface area contributed by atoms with E-state index in [0.717, 1.165) is 6.07 Å². The zero-order chi connectivity index (χ0) is 15.4. The van der Waals surface area contributed by atoms with Gasteiger partial charge in [0.05, 0.1) is 0 Å². The molecular weight excluding hydrogens is 279 g/mol. The van der Waals surface area contributed by atoms with Crippen molar-refractivity contribution in [3.8, 4) is 11.5 Å². The van der Waals surface area contributed by atoms with Crippen molar-refractivity contribution >= 4 is 0 Å². The Balaban J connectivity index is 2.36. The van der Waals surface area contributed by atoms with E-state index in [9.17, 15) is 13.2 Å². The van der Waals surface area contributed by atoms with Crippen LogP contribution < -0.4 is 10.5 Å². The zero-order valence-corrected chi connectivity index (χ0v) is 11.6. The standard InChI is InChI=1S/C16H16F3NO/c1-2-11(20)9-10-5-3-7-13(18)16(10)21-14-8-4-6-12(17)15(14)19/h3-8,11H,2,9,20H2,1H3. The van der Waals surface area contributed by atoms with Crippen molar-refractivity contribution in [1.82, 2.24) is 0 Å². The third kappa shape index (κ3) is 3.55. The minimum Gasteiger partial charge on any atom is -0.451 e. The fourth-order valence-corrected chi connectivity index (χ4v) is 1.93. The van der Waals surface area contributed by atoms with E-state index in [4.69, 9.17) is 10.5 Å². The molecule has 112 valence electrons. The molecule has 2 nitrogen and oxygen atoms in total. The highest BCUT2D eigenvalue weighted by Gasteiger charge is 2.16. The molecule has 0 saturated carbocycles. The molecule has 0 spiro atoms. The fraction of sp³-hybridized carbons (Fsp3) is 0.250. The van der Waals surface area contributed by atoms with E-state index in [0.29, 0.717) is 18.4 Å². The highest BCUT2D eigenvalue weighted by molar-refractivity contribution is 5.40. The maximum Gasteiger partial charge on any atom is 0.201 e. The molecule has 0 fully saturated rings. The molecule has 5 heteroatoms. The van der Waals surface area contributed by atoms with Crippen molar-refractivity contribution < 1.29 is 17.9 Å². The van der Waals surface area contributed by atoms with Crippen LogP contribution in [0.25, 0.3) is 0 Å². The number of hydrogen-bond donors (Lipinski definition) is 1. The molecule has 0 aliphatic rings. The van der Waals surface area contributed by atoms with Crippen molar-refractivity contribution in [2.45, 2.75) is 25.8 Å². The number of nitrogens with two attached hydrogens (primary N) is 1. The molecule has 0 bridgehead atoms. The van der Waals surface area contributed by atoms with Gasteiger partial charge in [-0.1, -0.05) is 25.1 Å². The molecule has 0 aromatic heterocycles. The molecular formula is C16H16F3NO. The highest BCUT2D eigenvalue weighted by Crippen LogP contribution is 2.31. The summed E-state index contributed by atoms with van der Waals surface area (Å²) in [5.41, 5.74) is 6.38. The van der Waals surface area contributed by atoms with Crippen molar-refractivity contribution in [3.05, 3.63) is 59.4 Å². The third-order valence-corrected chi connectivity index (χ3v) is 3.18. The lowest BCUT2D eigenvalue weighted by atomic mass is 10.0. The van der Waals surface area contributed by atoms with Crippen molar-refractivity contribution in [2.24, 2.45) is 5.73 Å². The highest BCUT2D eigenvalue weighted by atomic mass is 19.2. The molecule has 1 atom stereocenters. The summed E-state index contributed by atoms with van der Waals surface area (Å²) in [7, 11) is 0. The molecule has 21 heavy (non-hydrogen) atoms. The second kappa shape index (κ2) is 6.63. The lowest BCUT2D eigenvalue weighted by molar-refractivity contribution is 0.392. The van der Waals surface area contributed by atoms with Gasteiger partial charge in [-0.25, -0.2) is 8.78 Å². The number of rotatable bonds is 5. The van der Waals surface area contributed by atoms with Gasteiger partial charge in [0.25, 0.3) is 0 Å². The van der Waals surface area contributed by atoms with Gasteiger partial charge in [0.15, 0.2) is 23.1 Å². The topological polar surface area (TPSA) is 35.2 Å². The molecule has 2 rings (SSSR count). The van der Waals surface area contributed by atoms with E-state index in [1.54, 1.807) is 6.07 Å². The number of hydrogen-bond acceptors (Lipinski definition) is 2. The van der Waals surface area contributed by atoms with Gasteiger partial charge in [-0.2, -0.15) is 4.39 Å². The van der Waals surface area contributed by atoms with E-state index < -0.39 is 17.5 Å². The molecule has 0 radical (unpaired) electrons. The molecule has 1 unspecified atom stereocenters. The summed E-state index contributed by atoms with van der Waals surface area (Å²) in [4.78, 5) is 0. The zero-order valence-electron chi connectivity index (χ0n) is 11.6. The van der Waals surface area contributed by atoms with Gasteiger partial charge in [-0.05, 0) is 36.6 Å². The van der Waals surface area contributed by atoms with Crippen LogP contribution in [0.15, 0.2) is 36.4 Å². The first-order valence-electron chi connectivity index (χ1n) is 6.67. The van der Waals surface area contributed by atoms with E-state index in [1.807, 2.05) is 6.92 Å². The van der Waals surface area contributed by atoms with Gasteiger partial charge >= 0.3 is 0 Å². The second-order valence-electron chi connectivity index (χ2n) is 4.75. The quantitative estimate of drug-likeness (QED) is 0.898. The first-order chi connectivity index (χ1) is 10.0. The lowest BCUT2D eigenvalue weighted by Crippen LogP contribution is -2.21. The fourth-order valence-electron chi connectivity index (χ4n) is 1.93. The number of ether oxygens (including phenoxy) is 1. The third-order valence-electron chi connectivity index (χ3n) is 3.18. The average molecular weight is 295 g/mol. The Hall–Kier alpha value is -2.01. The van der Waals surface area contributed by atoms with Crippen LogP contribution in [0, 0.1) is 17.5 Å². The SMILES string of the molecule is CCC(N)Cc1cccc(F)c1Oc1cccc(F)c1F. The second-order valence-corrected chi connectivity index (χ2v) is 4.75. The monoisotopic (exact) mass is 295 g/mol. The normalized spacial score (nSPS) is 12.2. The van der Waals surface area contributed by atoms with Gasteiger partial charge in [0, 0.05) is 6.04 Å². The van der Waals surface area contributed by atoms with Gasteiger partial charge < -0.3 is 10.5 Å². The Morgan fingerprint density at radius 1 is 1.05 bits per heavy atom. The molecule has 2 aromatic carbocycles. The summed E-state index contributed by atoms with van der Waals surface area (Å²) in [6, 6.07) is 7.74. The van der Waals surface area contributed by atoms with Crippen LogP contribution in [0.2, 0.25) is 0 Å². The van der Waals surface area contributed by atoms with Gasteiger partial charge in [-0.15, -0.1) is 0 Å². The Morgan fingerprint density at radius 2 is 1.71 bits per heavy atom. The Morgan fingerprint density at radius 3 is 2.43 bits per heavy atom. The maximum absolute atomic E-state index is 13.9. The Kier molecular flexibility index (Phi) is 4.85. The first kappa shape index (κ1) is 15.4. The molecule has 0 saturated heterocycles. The van der Waals surface area contributed by atoms with Crippen LogP contribution in [0.1, 0.15) is 18.9 Å². The minimum atomic E-state index is -1.15. The van der Waals surface area contributed by atoms with E-state index in [-0.39, 0.29) is 17.5 Å². The van der Waals surface area contributed by atoms with E-state index in [2.05, 4.69) is 0 Å². The van der Waals surface area contributed by atoms with Crippen LogP contribution in [0.5, 0.6) is 11.5 Å². The Labute approximate surface area is 121 Å². The average Bonchev–Trinajstić information content (AvgIpc) is 2.47. The van der Waals surface area contributed by atoms with E-state index >= 15 is 0 Å². The first-order valence-corrected chi connectivity index (χ1v) is 6.67. The summed E-state index contributed by atoms with van der Waals surface area (Å²) < 4.78 is 46.0. The summed E-state index contributed by atoms with van der Waals surface area (Å²) in [5.74, 6) is -3.31. The summed E-state index contributed by atoms with van der Waals surface area (Å²) in [5, 5.41) is 0.